The van der Waals surface area contributed by atoms with E-state index in [4.69, 9.17) is 11.6 Å². The maximum absolute atomic E-state index is 12.4. The molecule has 0 radical (unpaired) electrons. The number of hydrogen-bond donors (Lipinski definition) is 2. The molecule has 0 fully saturated rings. The van der Waals surface area contributed by atoms with Crippen molar-refractivity contribution in [1.82, 2.24) is 0 Å². The smallest absolute Gasteiger partial charge is 0.337 e. The molecule has 0 aliphatic heterocycles. The summed E-state index contributed by atoms with van der Waals surface area (Å²) in [7, 11) is 0. The highest BCUT2D eigenvalue weighted by Gasteiger charge is 2.16. The predicted molar refractivity (Wildman–Crippen MR) is 84.8 cm³/mol. The van der Waals surface area contributed by atoms with Crippen molar-refractivity contribution in [3.63, 3.8) is 0 Å². The van der Waals surface area contributed by atoms with Crippen molar-refractivity contribution in [2.24, 2.45) is 0 Å². The Labute approximate surface area is 132 Å². The molecule has 22 heavy (non-hydrogen) atoms. The number of halogens is 1. The molecule has 0 spiro atoms. The van der Waals surface area contributed by atoms with Crippen LogP contribution in [0.5, 0.6) is 0 Å². The van der Waals surface area contributed by atoms with Gasteiger partial charge in [0.25, 0.3) is 5.91 Å². The minimum atomic E-state index is -1.11. The first-order valence-electron chi connectivity index (χ1n) is 7.00. The standard InChI is InChI=1S/C17H14ClNO3/c18-13-6-7-14(17(21)22)15(9-13)19-16(20)12-5-4-10-2-1-3-11(10)8-12/h4-9H,1-3H2,(H,19,20)(H,21,22). The van der Waals surface area contributed by atoms with E-state index in [1.807, 2.05) is 12.1 Å². The van der Waals surface area contributed by atoms with Crippen molar-refractivity contribution in [3.8, 4) is 0 Å². The van der Waals surface area contributed by atoms with Crippen LogP contribution in [0.1, 0.15) is 38.3 Å². The second-order valence-corrected chi connectivity index (χ2v) is 5.72. The number of rotatable bonds is 3. The predicted octanol–water partition coefficient (Wildman–Crippen LogP) is 3.78. The van der Waals surface area contributed by atoms with E-state index in [1.54, 1.807) is 6.07 Å². The summed E-state index contributed by atoms with van der Waals surface area (Å²) in [5.74, 6) is -1.44. The highest BCUT2D eigenvalue weighted by molar-refractivity contribution is 6.31. The van der Waals surface area contributed by atoms with Crippen LogP contribution < -0.4 is 5.32 Å². The minimum Gasteiger partial charge on any atom is -0.478 e. The van der Waals surface area contributed by atoms with Gasteiger partial charge in [-0.3, -0.25) is 4.79 Å². The Hall–Kier alpha value is -2.33. The molecule has 2 aromatic carbocycles. The van der Waals surface area contributed by atoms with Crippen LogP contribution in [0, 0.1) is 0 Å². The van der Waals surface area contributed by atoms with E-state index in [1.165, 1.54) is 29.3 Å². The minimum absolute atomic E-state index is 0.0129. The summed E-state index contributed by atoms with van der Waals surface area (Å²) in [6, 6.07) is 9.91. The number of benzene rings is 2. The van der Waals surface area contributed by atoms with Crippen LogP contribution in [0.15, 0.2) is 36.4 Å². The van der Waals surface area contributed by atoms with Gasteiger partial charge in [0.2, 0.25) is 0 Å². The molecule has 0 saturated heterocycles. The fourth-order valence-electron chi connectivity index (χ4n) is 2.71. The van der Waals surface area contributed by atoms with Crippen LogP contribution in [0.3, 0.4) is 0 Å². The van der Waals surface area contributed by atoms with Crippen LogP contribution in [-0.2, 0) is 12.8 Å². The third-order valence-corrected chi connectivity index (χ3v) is 4.06. The van der Waals surface area contributed by atoms with Gasteiger partial charge in [-0.1, -0.05) is 17.7 Å². The zero-order chi connectivity index (χ0) is 15.7. The van der Waals surface area contributed by atoms with Crippen LogP contribution in [0.4, 0.5) is 5.69 Å². The highest BCUT2D eigenvalue weighted by atomic mass is 35.5. The molecule has 1 amide bonds. The van der Waals surface area contributed by atoms with Crippen molar-refractivity contribution < 1.29 is 14.7 Å². The Kier molecular flexibility index (Phi) is 3.86. The Bertz CT molecular complexity index is 770. The van der Waals surface area contributed by atoms with E-state index in [0.29, 0.717) is 10.6 Å². The zero-order valence-corrected chi connectivity index (χ0v) is 12.5. The average Bonchev–Trinajstić information content (AvgIpc) is 2.94. The fraction of sp³-hybridized carbons (Fsp3) is 0.176. The molecule has 0 atom stereocenters. The van der Waals surface area contributed by atoms with Crippen LogP contribution in [0.2, 0.25) is 5.02 Å². The quantitative estimate of drug-likeness (QED) is 0.905. The third kappa shape index (κ3) is 2.83. The van der Waals surface area contributed by atoms with E-state index in [0.717, 1.165) is 19.3 Å². The fourth-order valence-corrected chi connectivity index (χ4v) is 2.89. The van der Waals surface area contributed by atoms with Gasteiger partial charge >= 0.3 is 5.97 Å². The Morgan fingerprint density at radius 1 is 1.05 bits per heavy atom. The Morgan fingerprint density at radius 2 is 1.82 bits per heavy atom. The zero-order valence-electron chi connectivity index (χ0n) is 11.7. The number of carboxylic acids is 1. The summed E-state index contributed by atoms with van der Waals surface area (Å²) in [5, 5.41) is 12.2. The number of amides is 1. The summed E-state index contributed by atoms with van der Waals surface area (Å²) in [6.45, 7) is 0. The monoisotopic (exact) mass is 315 g/mol. The normalized spacial score (nSPS) is 12.8. The van der Waals surface area contributed by atoms with E-state index >= 15 is 0 Å². The van der Waals surface area contributed by atoms with Gasteiger partial charge in [-0.25, -0.2) is 4.79 Å². The number of carboxylic acid groups (broad SMARTS) is 1. The first-order chi connectivity index (χ1) is 10.5. The summed E-state index contributed by atoms with van der Waals surface area (Å²) < 4.78 is 0. The lowest BCUT2D eigenvalue weighted by Crippen LogP contribution is -2.15. The maximum Gasteiger partial charge on any atom is 0.337 e. The first-order valence-corrected chi connectivity index (χ1v) is 7.38. The van der Waals surface area contributed by atoms with Crippen LogP contribution >= 0.6 is 11.6 Å². The molecule has 2 aromatic rings. The van der Waals surface area contributed by atoms with Crippen molar-refractivity contribution in [3.05, 3.63) is 63.7 Å². The Morgan fingerprint density at radius 3 is 2.59 bits per heavy atom. The maximum atomic E-state index is 12.4. The van der Waals surface area contributed by atoms with Gasteiger partial charge in [0.05, 0.1) is 11.3 Å². The van der Waals surface area contributed by atoms with Crippen molar-refractivity contribution >= 4 is 29.2 Å². The van der Waals surface area contributed by atoms with Gasteiger partial charge in [0, 0.05) is 10.6 Å². The van der Waals surface area contributed by atoms with Crippen LogP contribution in [0.25, 0.3) is 0 Å². The average molecular weight is 316 g/mol. The molecule has 4 nitrogen and oxygen atoms in total. The molecular formula is C17H14ClNO3. The van der Waals surface area contributed by atoms with Crippen LogP contribution in [-0.4, -0.2) is 17.0 Å². The summed E-state index contributed by atoms with van der Waals surface area (Å²) in [5.41, 5.74) is 3.21. The lowest BCUT2D eigenvalue weighted by molar-refractivity contribution is 0.0698. The molecule has 1 aliphatic carbocycles. The number of nitrogens with one attached hydrogen (secondary N) is 1. The van der Waals surface area contributed by atoms with Gasteiger partial charge in [0.15, 0.2) is 0 Å². The lowest BCUT2D eigenvalue weighted by atomic mass is 10.1. The van der Waals surface area contributed by atoms with Gasteiger partial charge in [-0.15, -0.1) is 0 Å². The molecule has 2 N–H and O–H groups in total. The second kappa shape index (κ2) is 5.81. The number of carbonyl (C=O) groups excluding carboxylic acids is 1. The molecular weight excluding hydrogens is 302 g/mol. The molecule has 0 unspecified atom stereocenters. The molecule has 5 heteroatoms. The molecule has 0 bridgehead atoms. The number of aromatic carboxylic acids is 1. The lowest BCUT2D eigenvalue weighted by Gasteiger charge is -2.10. The highest BCUT2D eigenvalue weighted by Crippen LogP contribution is 2.25. The molecule has 1 aliphatic rings. The topological polar surface area (TPSA) is 66.4 Å². The Balaban J connectivity index is 1.88. The summed E-state index contributed by atoms with van der Waals surface area (Å²) in [6.07, 6.45) is 3.14. The van der Waals surface area contributed by atoms with Gasteiger partial charge in [0.1, 0.15) is 0 Å². The number of fused-ring (bicyclic) bond motifs is 1. The van der Waals surface area contributed by atoms with Crippen molar-refractivity contribution in [2.75, 3.05) is 5.32 Å². The second-order valence-electron chi connectivity index (χ2n) is 5.29. The molecule has 0 heterocycles. The molecule has 0 aromatic heterocycles. The van der Waals surface area contributed by atoms with E-state index in [2.05, 4.69) is 5.32 Å². The molecule has 0 saturated carbocycles. The largest absolute Gasteiger partial charge is 0.478 e. The number of anilines is 1. The van der Waals surface area contributed by atoms with E-state index in [-0.39, 0.29) is 17.2 Å². The SMILES string of the molecule is O=C(Nc1cc(Cl)ccc1C(=O)O)c1ccc2c(c1)CCC2. The van der Waals surface area contributed by atoms with Gasteiger partial charge in [-0.05, 0) is 60.7 Å². The molecule has 112 valence electrons. The summed E-state index contributed by atoms with van der Waals surface area (Å²) >= 11 is 5.88. The number of carbonyl (C=O) groups is 2. The van der Waals surface area contributed by atoms with Gasteiger partial charge in [-0.2, -0.15) is 0 Å². The first kappa shape index (κ1) is 14.6. The van der Waals surface area contributed by atoms with Crippen molar-refractivity contribution in [2.45, 2.75) is 19.3 Å². The third-order valence-electron chi connectivity index (χ3n) is 3.82. The number of aryl methyl sites for hydroxylation is 2. The molecule has 3 rings (SSSR count). The number of hydrogen-bond acceptors (Lipinski definition) is 2. The van der Waals surface area contributed by atoms with Gasteiger partial charge < -0.3 is 10.4 Å². The van der Waals surface area contributed by atoms with E-state index in [9.17, 15) is 14.7 Å². The van der Waals surface area contributed by atoms with E-state index < -0.39 is 5.97 Å². The van der Waals surface area contributed by atoms with Crippen molar-refractivity contribution in [1.29, 1.82) is 0 Å². The summed E-state index contributed by atoms with van der Waals surface area (Å²) in [4.78, 5) is 23.6.